The molecule has 150 valence electrons. The van der Waals surface area contributed by atoms with Crippen LogP contribution in [-0.2, 0) is 21.9 Å². The largest absolute Gasteiger partial charge is 0.504 e. The number of fused-ring (bicyclic) bond motifs is 2. The highest BCUT2D eigenvalue weighted by Gasteiger charge is 2.61. The van der Waals surface area contributed by atoms with E-state index < -0.39 is 7.82 Å². The van der Waals surface area contributed by atoms with Gasteiger partial charge >= 0.3 is 7.82 Å². The Labute approximate surface area is 159 Å². The Kier molecular flexibility index (Phi) is 4.80. The first-order valence-corrected chi connectivity index (χ1v) is 11.4. The summed E-state index contributed by atoms with van der Waals surface area (Å²) < 4.78 is 17.2. The Morgan fingerprint density at radius 2 is 2.00 bits per heavy atom. The maximum absolute atomic E-state index is 11.3. The molecule has 5 atom stereocenters. The van der Waals surface area contributed by atoms with Gasteiger partial charge in [-0.15, -0.1) is 0 Å². The van der Waals surface area contributed by atoms with E-state index in [1.165, 1.54) is 0 Å². The van der Waals surface area contributed by atoms with Crippen LogP contribution < -0.4 is 0 Å². The molecule has 27 heavy (non-hydrogen) atoms. The molecule has 4 rings (SSSR count). The summed E-state index contributed by atoms with van der Waals surface area (Å²) in [5, 5.41) is 20.2. The summed E-state index contributed by atoms with van der Waals surface area (Å²) in [5.41, 5.74) is 1.95. The molecule has 7 nitrogen and oxygen atoms in total. The Bertz CT molecular complexity index is 776. The fourth-order valence-electron chi connectivity index (χ4n) is 5.85. The third-order valence-corrected chi connectivity index (χ3v) is 7.43. The van der Waals surface area contributed by atoms with Crippen molar-refractivity contribution >= 4 is 7.82 Å². The lowest BCUT2D eigenvalue weighted by Gasteiger charge is -2.53. The molecule has 1 saturated carbocycles. The predicted molar refractivity (Wildman–Crippen MR) is 99.3 cm³/mol. The van der Waals surface area contributed by atoms with Crippen LogP contribution in [0.3, 0.4) is 0 Å². The lowest BCUT2D eigenvalue weighted by atomic mass is 9.73. The molecule has 0 amide bonds. The number of phosphoric acid groups is 1. The van der Waals surface area contributed by atoms with E-state index >= 15 is 0 Å². The first-order chi connectivity index (χ1) is 12.7. The standard InChI is InChI=1S/C19H28NO6P/c1-2-7-20(16-11-18(16)26-27(23,24)25)8-3-4-13-9-14-12(10-15(13)20)5-6-17(21)19(14)22/h5-6,13,15-16,18H,2-4,7-11H2,1H3,(H3-,21,22,23,24,25)/p+1/t13-,15-,16+,18-,20+/m1/s1. The van der Waals surface area contributed by atoms with Gasteiger partial charge in [0.1, 0.15) is 12.1 Å². The monoisotopic (exact) mass is 398 g/mol. The van der Waals surface area contributed by atoms with Crippen LogP contribution in [0, 0.1) is 5.92 Å². The molecule has 1 heterocycles. The molecule has 3 aliphatic rings. The van der Waals surface area contributed by atoms with Gasteiger partial charge in [-0.25, -0.2) is 4.57 Å². The maximum atomic E-state index is 11.3. The van der Waals surface area contributed by atoms with E-state index in [0.29, 0.717) is 18.4 Å². The molecule has 2 aliphatic carbocycles. The van der Waals surface area contributed by atoms with Crippen molar-refractivity contribution in [3.63, 3.8) is 0 Å². The highest BCUT2D eigenvalue weighted by molar-refractivity contribution is 7.46. The van der Waals surface area contributed by atoms with Crippen molar-refractivity contribution in [3.8, 4) is 11.5 Å². The second-order valence-electron chi connectivity index (χ2n) is 8.44. The number of hydrogen-bond acceptors (Lipinski definition) is 4. The number of phenols is 2. The predicted octanol–water partition coefficient (Wildman–Crippen LogP) is 2.45. The third kappa shape index (κ3) is 3.40. The van der Waals surface area contributed by atoms with Crippen LogP contribution in [-0.4, -0.2) is 55.8 Å². The average molecular weight is 398 g/mol. The van der Waals surface area contributed by atoms with Crippen LogP contribution in [0.1, 0.15) is 43.7 Å². The summed E-state index contributed by atoms with van der Waals surface area (Å²) in [6, 6.07) is 3.97. The highest BCUT2D eigenvalue weighted by atomic mass is 31.2. The fourth-order valence-corrected chi connectivity index (χ4v) is 6.43. The molecule has 1 aliphatic heterocycles. The number of benzene rings is 1. The van der Waals surface area contributed by atoms with Crippen molar-refractivity contribution in [2.75, 3.05) is 13.1 Å². The van der Waals surface area contributed by atoms with Gasteiger partial charge in [-0.3, -0.25) is 4.52 Å². The number of rotatable bonds is 5. The number of aromatic hydroxyl groups is 2. The third-order valence-electron chi connectivity index (χ3n) is 6.88. The first kappa shape index (κ1) is 19.2. The van der Waals surface area contributed by atoms with E-state index in [4.69, 9.17) is 4.52 Å². The lowest BCUT2D eigenvalue weighted by Crippen LogP contribution is -2.65. The first-order valence-electron chi connectivity index (χ1n) is 9.88. The van der Waals surface area contributed by atoms with Crippen molar-refractivity contribution in [1.29, 1.82) is 0 Å². The quantitative estimate of drug-likeness (QED) is 0.345. The molecule has 0 bridgehead atoms. The summed E-state index contributed by atoms with van der Waals surface area (Å²) in [7, 11) is -4.47. The molecule has 2 fully saturated rings. The molecular weight excluding hydrogens is 369 g/mol. The second kappa shape index (κ2) is 6.75. The van der Waals surface area contributed by atoms with E-state index in [2.05, 4.69) is 6.92 Å². The molecule has 1 saturated heterocycles. The Hall–Kier alpha value is -1.11. The van der Waals surface area contributed by atoms with E-state index in [1.807, 2.05) is 6.07 Å². The zero-order valence-corrected chi connectivity index (χ0v) is 16.5. The van der Waals surface area contributed by atoms with Crippen LogP contribution >= 0.6 is 7.82 Å². The summed E-state index contributed by atoms with van der Waals surface area (Å²) in [4.78, 5) is 18.4. The molecule has 4 N–H and O–H groups in total. The summed E-state index contributed by atoms with van der Waals surface area (Å²) in [6.07, 6.45) is 5.06. The van der Waals surface area contributed by atoms with Gasteiger partial charge in [-0.05, 0) is 37.3 Å². The molecule has 8 heteroatoms. The number of hydrogen-bond donors (Lipinski definition) is 4. The maximum Gasteiger partial charge on any atom is 0.470 e. The number of nitrogens with zero attached hydrogens (tertiary/aromatic N) is 1. The highest BCUT2D eigenvalue weighted by Crippen LogP contribution is 2.53. The van der Waals surface area contributed by atoms with Crippen molar-refractivity contribution < 1.29 is 33.6 Å². The van der Waals surface area contributed by atoms with Gasteiger partial charge in [0.05, 0.1) is 19.1 Å². The van der Waals surface area contributed by atoms with Crippen LogP contribution in [0.5, 0.6) is 11.5 Å². The number of phenolic OH excluding ortho intramolecular Hbond substituents is 2. The van der Waals surface area contributed by atoms with E-state index in [0.717, 1.165) is 60.8 Å². The zero-order valence-electron chi connectivity index (χ0n) is 15.6. The minimum atomic E-state index is -4.47. The van der Waals surface area contributed by atoms with E-state index in [1.54, 1.807) is 6.07 Å². The van der Waals surface area contributed by atoms with Gasteiger partial charge in [0, 0.05) is 24.3 Å². The summed E-state index contributed by atoms with van der Waals surface area (Å²) in [6.45, 7) is 4.15. The van der Waals surface area contributed by atoms with Gasteiger partial charge in [0.25, 0.3) is 0 Å². The Morgan fingerprint density at radius 1 is 1.22 bits per heavy atom. The van der Waals surface area contributed by atoms with Gasteiger partial charge < -0.3 is 24.5 Å². The fraction of sp³-hybridized carbons (Fsp3) is 0.684. The van der Waals surface area contributed by atoms with Gasteiger partial charge in [-0.1, -0.05) is 13.0 Å². The van der Waals surface area contributed by atoms with E-state index in [-0.39, 0.29) is 23.6 Å². The van der Waals surface area contributed by atoms with Crippen LogP contribution in [0.25, 0.3) is 0 Å². The summed E-state index contributed by atoms with van der Waals surface area (Å²) >= 11 is 0. The number of piperidine rings is 1. The normalized spacial score (nSPS) is 35.4. The molecule has 0 radical (unpaired) electrons. The number of likely N-dealkylation sites (tertiary alicyclic amines) is 1. The minimum Gasteiger partial charge on any atom is -0.504 e. The smallest absolute Gasteiger partial charge is 0.470 e. The minimum absolute atomic E-state index is 0.0132. The topological polar surface area (TPSA) is 107 Å². The lowest BCUT2D eigenvalue weighted by molar-refractivity contribution is -0.970. The Balaban J connectivity index is 1.65. The number of quaternary nitrogens is 1. The number of phosphoric ester groups is 1. The average Bonchev–Trinajstić information content (AvgIpc) is 3.35. The van der Waals surface area contributed by atoms with Crippen LogP contribution in [0.15, 0.2) is 12.1 Å². The van der Waals surface area contributed by atoms with Crippen LogP contribution in [0.4, 0.5) is 0 Å². The SMILES string of the molecule is CCC[N@+]1([C@H]2C[C@H]2OP(=O)(O)O)CCC[C@@H]2Cc3c(ccc(O)c3O)C[C@H]21. The van der Waals surface area contributed by atoms with E-state index in [9.17, 15) is 24.6 Å². The molecule has 0 unspecified atom stereocenters. The second-order valence-corrected chi connectivity index (χ2v) is 9.63. The van der Waals surface area contributed by atoms with Crippen molar-refractivity contribution in [2.45, 2.75) is 63.6 Å². The van der Waals surface area contributed by atoms with Crippen LogP contribution in [0.2, 0.25) is 0 Å². The summed E-state index contributed by atoms with van der Waals surface area (Å²) in [5.74, 6) is 0.357. The zero-order chi connectivity index (χ0) is 19.4. The van der Waals surface area contributed by atoms with Gasteiger partial charge in [0.2, 0.25) is 0 Å². The molecular formula is C19H29NO6P+. The van der Waals surface area contributed by atoms with Crippen molar-refractivity contribution in [3.05, 3.63) is 23.3 Å². The molecule has 1 aromatic rings. The Morgan fingerprint density at radius 3 is 2.70 bits per heavy atom. The molecule has 1 aromatic carbocycles. The van der Waals surface area contributed by atoms with Gasteiger partial charge in [-0.2, -0.15) is 0 Å². The van der Waals surface area contributed by atoms with Crippen molar-refractivity contribution in [1.82, 2.24) is 0 Å². The van der Waals surface area contributed by atoms with Crippen molar-refractivity contribution in [2.24, 2.45) is 5.92 Å². The molecule has 0 aromatic heterocycles. The van der Waals surface area contributed by atoms with Gasteiger partial charge in [0.15, 0.2) is 11.5 Å². The molecule has 0 spiro atoms.